The average molecular weight is 309 g/mol. The van der Waals surface area contributed by atoms with Crippen LogP contribution >= 0.6 is 0 Å². The van der Waals surface area contributed by atoms with Gasteiger partial charge in [-0.1, -0.05) is 0 Å². The molecule has 124 valence electrons. The summed E-state index contributed by atoms with van der Waals surface area (Å²) in [6, 6.07) is 3.80. The van der Waals surface area contributed by atoms with E-state index in [2.05, 4.69) is 0 Å². The van der Waals surface area contributed by atoms with E-state index in [1.165, 1.54) is 0 Å². The minimum Gasteiger partial charge on any atom is -0.467 e. The minimum absolute atomic E-state index is 0.0288. The Hall–Kier alpha value is -1.49. The Labute approximate surface area is 132 Å². The zero-order valence-electron chi connectivity index (χ0n) is 14.0. The molecule has 0 spiro atoms. The Balaban J connectivity index is 1.70. The van der Waals surface area contributed by atoms with Crippen LogP contribution in [0, 0.1) is 5.92 Å². The van der Waals surface area contributed by atoms with Gasteiger partial charge in [-0.2, -0.15) is 0 Å². The molecule has 1 aliphatic rings. The SMILES string of the molecule is CC(OCC1CCN(C(=O)OC(C)(C)C)CC1)c1ccco1. The Morgan fingerprint density at radius 3 is 2.64 bits per heavy atom. The van der Waals surface area contributed by atoms with E-state index in [9.17, 15) is 4.79 Å². The van der Waals surface area contributed by atoms with E-state index >= 15 is 0 Å². The fourth-order valence-corrected chi connectivity index (χ4v) is 2.49. The van der Waals surface area contributed by atoms with E-state index in [-0.39, 0.29) is 12.2 Å². The molecular weight excluding hydrogens is 282 g/mol. The summed E-state index contributed by atoms with van der Waals surface area (Å²) < 4.78 is 16.6. The van der Waals surface area contributed by atoms with Crippen LogP contribution in [0.2, 0.25) is 0 Å². The van der Waals surface area contributed by atoms with Gasteiger partial charge in [0.25, 0.3) is 0 Å². The molecule has 0 aromatic carbocycles. The van der Waals surface area contributed by atoms with Crippen molar-refractivity contribution >= 4 is 6.09 Å². The smallest absolute Gasteiger partial charge is 0.410 e. The molecule has 2 rings (SSSR count). The number of hydrogen-bond donors (Lipinski definition) is 0. The van der Waals surface area contributed by atoms with Crippen LogP contribution in [-0.4, -0.2) is 36.3 Å². The summed E-state index contributed by atoms with van der Waals surface area (Å²) in [6.45, 7) is 9.83. The van der Waals surface area contributed by atoms with Crippen LogP contribution in [0.5, 0.6) is 0 Å². The fraction of sp³-hybridized carbons (Fsp3) is 0.706. The molecule has 0 bridgehead atoms. The van der Waals surface area contributed by atoms with Crippen molar-refractivity contribution in [2.45, 2.75) is 52.2 Å². The van der Waals surface area contributed by atoms with Gasteiger partial charge >= 0.3 is 6.09 Å². The van der Waals surface area contributed by atoms with E-state index < -0.39 is 5.60 Å². The topological polar surface area (TPSA) is 51.9 Å². The number of furan rings is 1. The van der Waals surface area contributed by atoms with E-state index in [1.807, 2.05) is 39.8 Å². The Kier molecular flexibility index (Phi) is 5.51. The highest BCUT2D eigenvalue weighted by Gasteiger charge is 2.27. The van der Waals surface area contributed by atoms with Gasteiger partial charge in [-0.25, -0.2) is 4.79 Å². The molecule has 0 aliphatic carbocycles. The number of ether oxygens (including phenoxy) is 2. The second kappa shape index (κ2) is 7.18. The van der Waals surface area contributed by atoms with Gasteiger partial charge in [0.15, 0.2) is 0 Å². The number of carbonyl (C=O) groups excluding carboxylic acids is 1. The van der Waals surface area contributed by atoms with Gasteiger partial charge < -0.3 is 18.8 Å². The lowest BCUT2D eigenvalue weighted by Crippen LogP contribution is -2.42. The lowest BCUT2D eigenvalue weighted by molar-refractivity contribution is -0.00300. The summed E-state index contributed by atoms with van der Waals surface area (Å²) in [5, 5.41) is 0. The van der Waals surface area contributed by atoms with E-state index in [4.69, 9.17) is 13.9 Å². The molecular formula is C17H27NO4. The monoisotopic (exact) mass is 309 g/mol. The summed E-state index contributed by atoms with van der Waals surface area (Å²) in [4.78, 5) is 13.8. The Morgan fingerprint density at radius 1 is 1.41 bits per heavy atom. The zero-order valence-corrected chi connectivity index (χ0v) is 14.0. The molecule has 2 heterocycles. The van der Waals surface area contributed by atoms with Gasteiger partial charge in [0, 0.05) is 13.1 Å². The maximum Gasteiger partial charge on any atom is 0.410 e. The summed E-state index contributed by atoms with van der Waals surface area (Å²) in [6.07, 6.45) is 3.32. The lowest BCUT2D eigenvalue weighted by atomic mass is 9.98. The Morgan fingerprint density at radius 2 is 2.09 bits per heavy atom. The second-order valence-electron chi connectivity index (χ2n) is 6.90. The first-order chi connectivity index (χ1) is 10.3. The molecule has 1 fully saturated rings. The highest BCUT2D eigenvalue weighted by Crippen LogP contribution is 2.23. The summed E-state index contributed by atoms with van der Waals surface area (Å²) in [7, 11) is 0. The number of amides is 1. The number of hydrogen-bond acceptors (Lipinski definition) is 4. The molecule has 5 nitrogen and oxygen atoms in total. The largest absolute Gasteiger partial charge is 0.467 e. The molecule has 1 atom stereocenters. The number of likely N-dealkylation sites (tertiary alicyclic amines) is 1. The minimum atomic E-state index is -0.435. The quantitative estimate of drug-likeness (QED) is 0.843. The van der Waals surface area contributed by atoms with Gasteiger partial charge in [-0.3, -0.25) is 0 Å². The predicted molar refractivity (Wildman–Crippen MR) is 83.6 cm³/mol. The molecule has 1 aromatic heterocycles. The fourth-order valence-electron chi connectivity index (χ4n) is 2.49. The summed E-state index contributed by atoms with van der Waals surface area (Å²) in [5.74, 6) is 1.34. The summed E-state index contributed by atoms with van der Waals surface area (Å²) in [5.41, 5.74) is -0.435. The molecule has 1 aliphatic heterocycles. The molecule has 0 N–H and O–H groups in total. The van der Waals surface area contributed by atoms with Gasteiger partial charge in [-0.05, 0) is 58.6 Å². The number of piperidine rings is 1. The predicted octanol–water partition coefficient (Wildman–Crippen LogP) is 4.00. The van der Waals surface area contributed by atoms with Gasteiger partial charge in [0.1, 0.15) is 17.5 Å². The highest BCUT2D eigenvalue weighted by molar-refractivity contribution is 5.68. The first-order valence-electron chi connectivity index (χ1n) is 7.98. The second-order valence-corrected chi connectivity index (χ2v) is 6.90. The lowest BCUT2D eigenvalue weighted by Gasteiger charge is -2.33. The standard InChI is InChI=1S/C17H27NO4/c1-13(15-6-5-11-20-15)21-12-14-7-9-18(10-8-14)16(19)22-17(2,3)4/h5-6,11,13-14H,7-10,12H2,1-4H3. The highest BCUT2D eigenvalue weighted by atomic mass is 16.6. The zero-order chi connectivity index (χ0) is 16.2. The Bertz CT molecular complexity index is 456. The van der Waals surface area contributed by atoms with Crippen LogP contribution in [0.4, 0.5) is 4.79 Å². The van der Waals surface area contributed by atoms with Crippen LogP contribution < -0.4 is 0 Å². The first kappa shape index (κ1) is 16.9. The van der Waals surface area contributed by atoms with Crippen LogP contribution in [0.3, 0.4) is 0 Å². The van der Waals surface area contributed by atoms with Crippen LogP contribution in [0.1, 0.15) is 52.4 Å². The normalized spacial score (nSPS) is 18.3. The van der Waals surface area contributed by atoms with Crippen LogP contribution in [0.25, 0.3) is 0 Å². The van der Waals surface area contributed by atoms with Crippen LogP contribution in [0.15, 0.2) is 22.8 Å². The average Bonchev–Trinajstić information content (AvgIpc) is 2.97. The maximum atomic E-state index is 12.0. The molecule has 1 aromatic rings. The molecule has 0 radical (unpaired) electrons. The number of rotatable bonds is 4. The van der Waals surface area contributed by atoms with E-state index in [1.54, 1.807) is 11.2 Å². The van der Waals surface area contributed by atoms with Crippen molar-refractivity contribution in [3.63, 3.8) is 0 Å². The molecule has 0 saturated carbocycles. The van der Waals surface area contributed by atoms with Crippen molar-refractivity contribution < 1.29 is 18.7 Å². The third-order valence-electron chi connectivity index (χ3n) is 3.79. The molecule has 1 saturated heterocycles. The van der Waals surface area contributed by atoms with Crippen molar-refractivity contribution in [3.8, 4) is 0 Å². The number of nitrogens with zero attached hydrogens (tertiary/aromatic N) is 1. The van der Waals surface area contributed by atoms with E-state index in [0.29, 0.717) is 12.5 Å². The molecule has 1 amide bonds. The maximum absolute atomic E-state index is 12.0. The van der Waals surface area contributed by atoms with Crippen LogP contribution in [-0.2, 0) is 9.47 Å². The van der Waals surface area contributed by atoms with E-state index in [0.717, 1.165) is 31.7 Å². The van der Waals surface area contributed by atoms with Crippen molar-refractivity contribution in [3.05, 3.63) is 24.2 Å². The van der Waals surface area contributed by atoms with Crippen molar-refractivity contribution in [1.82, 2.24) is 4.90 Å². The van der Waals surface area contributed by atoms with Gasteiger partial charge in [-0.15, -0.1) is 0 Å². The van der Waals surface area contributed by atoms with Gasteiger partial charge in [0.2, 0.25) is 0 Å². The number of carbonyl (C=O) groups is 1. The molecule has 5 heteroatoms. The third kappa shape index (κ3) is 5.05. The third-order valence-corrected chi connectivity index (χ3v) is 3.79. The van der Waals surface area contributed by atoms with Gasteiger partial charge in [0.05, 0.1) is 12.9 Å². The van der Waals surface area contributed by atoms with Crippen molar-refractivity contribution in [1.29, 1.82) is 0 Å². The van der Waals surface area contributed by atoms with Crippen molar-refractivity contribution in [2.75, 3.05) is 19.7 Å². The van der Waals surface area contributed by atoms with Crippen molar-refractivity contribution in [2.24, 2.45) is 5.92 Å². The summed E-state index contributed by atoms with van der Waals surface area (Å²) >= 11 is 0. The molecule has 22 heavy (non-hydrogen) atoms. The molecule has 1 unspecified atom stereocenters. The first-order valence-corrected chi connectivity index (χ1v) is 7.98.